The first-order valence-electron chi connectivity index (χ1n) is 9.34. The van der Waals surface area contributed by atoms with Crippen LogP contribution in [0.5, 0.6) is 0 Å². The maximum atomic E-state index is 12.7. The van der Waals surface area contributed by atoms with E-state index in [9.17, 15) is 4.79 Å². The summed E-state index contributed by atoms with van der Waals surface area (Å²) in [5.74, 6) is 0.690. The largest absolute Gasteiger partial charge is 0.368 e. The highest BCUT2D eigenvalue weighted by Gasteiger charge is 2.46. The first-order valence-corrected chi connectivity index (χ1v) is 9.34. The van der Waals surface area contributed by atoms with E-state index in [1.54, 1.807) is 0 Å². The van der Waals surface area contributed by atoms with Crippen LogP contribution in [-0.2, 0) is 11.2 Å². The predicted molar refractivity (Wildman–Crippen MR) is 105 cm³/mol. The number of fused-ring (bicyclic) bond motifs is 2. The molecule has 1 saturated carbocycles. The third-order valence-electron chi connectivity index (χ3n) is 5.75. The molecule has 1 fully saturated rings. The highest BCUT2D eigenvalue weighted by atomic mass is 16.1. The maximum Gasteiger partial charge on any atom is 0.220 e. The van der Waals surface area contributed by atoms with Gasteiger partial charge in [0.05, 0.1) is 17.1 Å². The first kappa shape index (κ1) is 17.0. The number of carbonyl (C=O) groups excluding carboxylic acids is 1. The molecule has 4 rings (SSSR count). The van der Waals surface area contributed by atoms with E-state index in [0.717, 1.165) is 40.7 Å². The summed E-state index contributed by atoms with van der Waals surface area (Å²) < 4.78 is 0. The summed E-state index contributed by atoms with van der Waals surface area (Å²) in [7, 11) is 0. The number of ketones is 1. The van der Waals surface area contributed by atoms with Gasteiger partial charge in [0, 0.05) is 29.7 Å². The van der Waals surface area contributed by atoms with Gasteiger partial charge in [-0.15, -0.1) is 0 Å². The Labute approximate surface area is 154 Å². The molecule has 136 valence electrons. The van der Waals surface area contributed by atoms with Crippen LogP contribution in [0.3, 0.4) is 0 Å². The van der Waals surface area contributed by atoms with E-state index in [1.807, 2.05) is 0 Å². The Morgan fingerprint density at radius 3 is 2.81 bits per heavy atom. The fourth-order valence-corrected chi connectivity index (χ4v) is 4.66. The van der Waals surface area contributed by atoms with E-state index in [-0.39, 0.29) is 17.4 Å². The van der Waals surface area contributed by atoms with Crippen LogP contribution in [0.4, 0.5) is 11.6 Å². The number of nitrogens with two attached hydrogens (primary N) is 1. The molecule has 2 N–H and O–H groups in total. The minimum absolute atomic E-state index is 0.0143. The predicted octanol–water partition coefficient (Wildman–Crippen LogP) is 3.87. The zero-order valence-corrected chi connectivity index (χ0v) is 15.9. The van der Waals surface area contributed by atoms with Crippen molar-refractivity contribution >= 4 is 28.3 Å². The van der Waals surface area contributed by atoms with E-state index in [2.05, 4.69) is 67.0 Å². The number of aryl methyl sites for hydroxylation is 1. The van der Waals surface area contributed by atoms with Crippen molar-refractivity contribution in [2.75, 3.05) is 10.6 Å². The second kappa shape index (κ2) is 5.79. The normalized spacial score (nSPS) is 24.7. The molecule has 1 aliphatic heterocycles. The molecular weight excluding hydrogens is 324 g/mol. The molecule has 26 heavy (non-hydrogen) atoms. The molecular formula is C21H26N4O. The SMILES string of the molecule is CCc1nc(N)nc2cc(N3C=C(C)C4C(=O)CC(C)(C)CC43)ccc12. The molecule has 0 bridgehead atoms. The van der Waals surface area contributed by atoms with Crippen LogP contribution in [0, 0.1) is 11.3 Å². The molecule has 1 aromatic carbocycles. The number of aromatic nitrogens is 2. The Morgan fingerprint density at radius 2 is 2.08 bits per heavy atom. The van der Waals surface area contributed by atoms with Crippen molar-refractivity contribution in [1.29, 1.82) is 0 Å². The number of carbonyl (C=O) groups is 1. The van der Waals surface area contributed by atoms with Crippen molar-refractivity contribution in [3.8, 4) is 0 Å². The van der Waals surface area contributed by atoms with Gasteiger partial charge in [0.2, 0.25) is 5.95 Å². The van der Waals surface area contributed by atoms with Gasteiger partial charge in [-0.2, -0.15) is 0 Å². The topological polar surface area (TPSA) is 72.1 Å². The van der Waals surface area contributed by atoms with Crippen LogP contribution in [0.15, 0.2) is 30.0 Å². The van der Waals surface area contributed by atoms with Crippen LogP contribution in [0.1, 0.15) is 46.2 Å². The number of anilines is 2. The van der Waals surface area contributed by atoms with E-state index in [1.165, 1.54) is 0 Å². The molecule has 0 amide bonds. The second-order valence-electron chi connectivity index (χ2n) is 8.42. The number of hydrogen-bond donors (Lipinski definition) is 1. The summed E-state index contributed by atoms with van der Waals surface area (Å²) in [5.41, 5.74) is 9.99. The van der Waals surface area contributed by atoms with E-state index in [0.29, 0.717) is 18.2 Å². The lowest BCUT2D eigenvalue weighted by molar-refractivity contribution is -0.126. The Morgan fingerprint density at radius 1 is 1.31 bits per heavy atom. The number of hydrogen-bond acceptors (Lipinski definition) is 5. The van der Waals surface area contributed by atoms with E-state index < -0.39 is 0 Å². The van der Waals surface area contributed by atoms with Crippen LogP contribution < -0.4 is 10.6 Å². The fourth-order valence-electron chi connectivity index (χ4n) is 4.66. The average Bonchev–Trinajstić information content (AvgIpc) is 2.88. The number of nitrogens with zero attached hydrogens (tertiary/aromatic N) is 3. The Hall–Kier alpha value is -2.43. The van der Waals surface area contributed by atoms with Gasteiger partial charge in [-0.05, 0) is 49.0 Å². The van der Waals surface area contributed by atoms with E-state index in [4.69, 9.17) is 5.73 Å². The van der Waals surface area contributed by atoms with Gasteiger partial charge in [-0.1, -0.05) is 20.8 Å². The van der Waals surface area contributed by atoms with Crippen molar-refractivity contribution in [2.45, 2.75) is 53.0 Å². The molecule has 0 radical (unpaired) electrons. The monoisotopic (exact) mass is 350 g/mol. The molecule has 1 aliphatic carbocycles. The van der Waals surface area contributed by atoms with Gasteiger partial charge in [0.1, 0.15) is 5.78 Å². The zero-order chi connectivity index (χ0) is 18.6. The number of nitrogen functional groups attached to an aromatic ring is 1. The van der Waals surface area contributed by atoms with Gasteiger partial charge in [-0.3, -0.25) is 4.79 Å². The molecule has 2 heterocycles. The van der Waals surface area contributed by atoms with E-state index >= 15 is 0 Å². The van der Waals surface area contributed by atoms with Crippen molar-refractivity contribution in [1.82, 2.24) is 9.97 Å². The van der Waals surface area contributed by atoms with Crippen molar-refractivity contribution < 1.29 is 4.79 Å². The van der Waals surface area contributed by atoms with Crippen LogP contribution in [-0.4, -0.2) is 21.8 Å². The summed E-state index contributed by atoms with van der Waals surface area (Å²) in [4.78, 5) is 23.8. The quantitative estimate of drug-likeness (QED) is 0.890. The van der Waals surface area contributed by atoms with Crippen LogP contribution in [0.25, 0.3) is 10.9 Å². The molecule has 2 aliphatic rings. The smallest absolute Gasteiger partial charge is 0.220 e. The standard InChI is InChI=1S/C21H26N4O/c1-5-15-14-7-6-13(8-16(14)24-20(22)23-15)25-11-12(2)19-17(25)9-21(3,4)10-18(19)26/h6-8,11,17,19H,5,9-10H2,1-4H3,(H2,22,23,24). The highest BCUT2D eigenvalue weighted by molar-refractivity contribution is 5.89. The van der Waals surface area contributed by atoms with Crippen molar-refractivity contribution in [3.63, 3.8) is 0 Å². The van der Waals surface area contributed by atoms with Crippen molar-refractivity contribution in [2.24, 2.45) is 11.3 Å². The lowest BCUT2D eigenvalue weighted by atomic mass is 9.68. The van der Waals surface area contributed by atoms with Gasteiger partial charge >= 0.3 is 0 Å². The third kappa shape index (κ3) is 2.66. The molecule has 5 heteroatoms. The van der Waals surface area contributed by atoms with Gasteiger partial charge < -0.3 is 10.6 Å². The molecule has 1 aromatic heterocycles. The Balaban J connectivity index is 1.78. The molecule has 2 aromatic rings. The maximum absolute atomic E-state index is 12.7. The van der Waals surface area contributed by atoms with Crippen LogP contribution >= 0.6 is 0 Å². The van der Waals surface area contributed by atoms with Gasteiger partial charge in [0.25, 0.3) is 0 Å². The minimum atomic E-state index is 0.0143. The lowest BCUT2D eigenvalue weighted by Gasteiger charge is -2.41. The van der Waals surface area contributed by atoms with Gasteiger partial charge in [-0.25, -0.2) is 9.97 Å². The van der Waals surface area contributed by atoms with Crippen molar-refractivity contribution in [3.05, 3.63) is 35.7 Å². The molecule has 0 spiro atoms. The summed E-state index contributed by atoms with van der Waals surface area (Å²) in [6.45, 7) is 8.52. The zero-order valence-electron chi connectivity index (χ0n) is 15.9. The average molecular weight is 350 g/mol. The van der Waals surface area contributed by atoms with Crippen LogP contribution in [0.2, 0.25) is 0 Å². The highest BCUT2D eigenvalue weighted by Crippen LogP contribution is 2.46. The molecule has 0 saturated heterocycles. The third-order valence-corrected chi connectivity index (χ3v) is 5.75. The number of Topliss-reactive ketones (excluding diaryl/α,β-unsaturated/α-hetero) is 1. The molecule has 5 nitrogen and oxygen atoms in total. The minimum Gasteiger partial charge on any atom is -0.368 e. The number of rotatable bonds is 2. The fraction of sp³-hybridized carbons (Fsp3) is 0.476. The Kier molecular flexibility index (Phi) is 3.79. The summed E-state index contributed by atoms with van der Waals surface area (Å²) >= 11 is 0. The Bertz CT molecular complexity index is 931. The lowest BCUT2D eigenvalue weighted by Crippen LogP contribution is -2.45. The molecule has 2 atom stereocenters. The summed E-state index contributed by atoms with van der Waals surface area (Å²) in [6.07, 6.45) is 4.62. The number of benzene rings is 1. The molecule has 2 unspecified atom stereocenters. The summed E-state index contributed by atoms with van der Waals surface area (Å²) in [6, 6.07) is 6.45. The second-order valence-corrected chi connectivity index (χ2v) is 8.42. The first-order chi connectivity index (χ1) is 12.3. The summed E-state index contributed by atoms with van der Waals surface area (Å²) in [5, 5.41) is 1.04. The van der Waals surface area contributed by atoms with Gasteiger partial charge in [0.15, 0.2) is 0 Å².